The summed E-state index contributed by atoms with van der Waals surface area (Å²) in [6, 6.07) is 1.10. The Hall–Kier alpha value is -2.05. The van der Waals surface area contributed by atoms with Gasteiger partial charge in [0.2, 0.25) is 5.82 Å². The Bertz CT molecular complexity index is 568. The zero-order valence-corrected chi connectivity index (χ0v) is 12.4. The van der Waals surface area contributed by atoms with Gasteiger partial charge in [-0.15, -0.1) is 0 Å². The van der Waals surface area contributed by atoms with E-state index in [0.717, 1.165) is 0 Å². The number of amides is 1. The van der Waals surface area contributed by atoms with Crippen LogP contribution in [0.1, 0.15) is 38.1 Å². The molecule has 0 aliphatic rings. The van der Waals surface area contributed by atoms with Crippen molar-refractivity contribution in [2.24, 2.45) is 11.3 Å². The molecule has 116 valence electrons. The molecule has 0 aliphatic carbocycles. The molecule has 1 amide bonds. The summed E-state index contributed by atoms with van der Waals surface area (Å²) in [5.41, 5.74) is -1.79. The molecular weight excluding hydrogens is 282 g/mol. The largest absolute Gasteiger partial charge is 0.352 e. The molecule has 5 nitrogen and oxygen atoms in total. The molecule has 1 atom stereocenters. The summed E-state index contributed by atoms with van der Waals surface area (Å²) in [4.78, 5) is 21.4. The van der Waals surface area contributed by atoms with Crippen molar-refractivity contribution >= 4 is 11.6 Å². The second kappa shape index (κ2) is 6.15. The summed E-state index contributed by atoms with van der Waals surface area (Å²) < 4.78 is 27.1. The summed E-state index contributed by atoms with van der Waals surface area (Å²) in [5, 5.41) is 13.1. The van der Waals surface area contributed by atoms with E-state index < -0.39 is 33.7 Å². The summed E-state index contributed by atoms with van der Waals surface area (Å²) in [6.45, 7) is 8.11. The fourth-order valence-electron chi connectivity index (χ4n) is 1.52. The number of nitrogens with one attached hydrogen (secondary N) is 1. The highest BCUT2D eigenvalue weighted by molar-refractivity contribution is 5.95. The van der Waals surface area contributed by atoms with Crippen molar-refractivity contribution in [1.82, 2.24) is 5.32 Å². The standard InChI is InChI=1S/C14H18F2N2O3/c1-8(14(2,3)4)7-17-13(19)10-5-9(15)6-11(12(10)16)18(20)21/h5-6,8H,7H2,1-4H3,(H,17,19). The molecule has 1 unspecified atom stereocenters. The van der Waals surface area contributed by atoms with Crippen molar-refractivity contribution in [2.45, 2.75) is 27.7 Å². The van der Waals surface area contributed by atoms with Gasteiger partial charge < -0.3 is 5.32 Å². The van der Waals surface area contributed by atoms with E-state index >= 15 is 0 Å². The third-order valence-electron chi connectivity index (χ3n) is 3.51. The molecule has 0 bridgehead atoms. The van der Waals surface area contributed by atoms with E-state index in [2.05, 4.69) is 5.32 Å². The summed E-state index contributed by atoms with van der Waals surface area (Å²) in [7, 11) is 0. The molecule has 0 radical (unpaired) electrons. The molecule has 0 aromatic heterocycles. The highest BCUT2D eigenvalue weighted by Gasteiger charge is 2.25. The maximum atomic E-state index is 13.8. The van der Waals surface area contributed by atoms with Gasteiger partial charge in [-0.2, -0.15) is 4.39 Å². The number of nitro groups is 1. The number of hydrogen-bond acceptors (Lipinski definition) is 3. The molecule has 1 aromatic rings. The zero-order chi connectivity index (χ0) is 16.4. The second-order valence-corrected chi connectivity index (χ2v) is 6.02. The lowest BCUT2D eigenvalue weighted by Crippen LogP contribution is -2.34. The average molecular weight is 300 g/mol. The first-order valence-corrected chi connectivity index (χ1v) is 6.45. The van der Waals surface area contributed by atoms with Crippen LogP contribution in [-0.4, -0.2) is 17.4 Å². The lowest BCUT2D eigenvalue weighted by atomic mass is 9.82. The van der Waals surface area contributed by atoms with Crippen LogP contribution in [-0.2, 0) is 0 Å². The van der Waals surface area contributed by atoms with Crippen LogP contribution in [0.2, 0.25) is 0 Å². The summed E-state index contributed by atoms with van der Waals surface area (Å²) >= 11 is 0. The van der Waals surface area contributed by atoms with Crippen LogP contribution in [0, 0.1) is 33.1 Å². The molecule has 1 N–H and O–H groups in total. The van der Waals surface area contributed by atoms with Crippen LogP contribution < -0.4 is 5.32 Å². The fourth-order valence-corrected chi connectivity index (χ4v) is 1.52. The lowest BCUT2D eigenvalue weighted by molar-refractivity contribution is -0.387. The molecule has 21 heavy (non-hydrogen) atoms. The van der Waals surface area contributed by atoms with Crippen LogP contribution in [0.4, 0.5) is 14.5 Å². The molecule has 0 spiro atoms. The molecule has 0 heterocycles. The SMILES string of the molecule is CC(CNC(=O)c1cc(F)cc([N+](=O)[O-])c1F)C(C)(C)C. The smallest absolute Gasteiger partial charge is 0.308 e. The van der Waals surface area contributed by atoms with Crippen molar-refractivity contribution in [3.8, 4) is 0 Å². The van der Waals surface area contributed by atoms with Crippen LogP contribution in [0.3, 0.4) is 0 Å². The van der Waals surface area contributed by atoms with Gasteiger partial charge in [0, 0.05) is 6.54 Å². The van der Waals surface area contributed by atoms with E-state index in [1.54, 1.807) is 0 Å². The predicted octanol–water partition coefficient (Wildman–Crippen LogP) is 3.29. The second-order valence-electron chi connectivity index (χ2n) is 6.02. The number of halogens is 2. The van der Waals surface area contributed by atoms with Crippen LogP contribution in [0.5, 0.6) is 0 Å². The van der Waals surface area contributed by atoms with Gasteiger partial charge in [0.25, 0.3) is 5.91 Å². The fraction of sp³-hybridized carbons (Fsp3) is 0.500. The Morgan fingerprint density at radius 1 is 1.38 bits per heavy atom. The molecule has 1 rings (SSSR count). The normalized spacial score (nSPS) is 12.9. The number of carbonyl (C=O) groups excluding carboxylic acids is 1. The minimum Gasteiger partial charge on any atom is -0.352 e. The molecule has 7 heteroatoms. The van der Waals surface area contributed by atoms with Gasteiger partial charge in [0.1, 0.15) is 5.82 Å². The molecule has 0 aliphatic heterocycles. The van der Waals surface area contributed by atoms with E-state index in [0.29, 0.717) is 12.1 Å². The number of nitrogens with zero attached hydrogens (tertiary/aromatic N) is 1. The van der Waals surface area contributed by atoms with Crippen LogP contribution in [0.15, 0.2) is 12.1 Å². The average Bonchev–Trinajstić information content (AvgIpc) is 2.36. The van der Waals surface area contributed by atoms with Gasteiger partial charge in [-0.3, -0.25) is 14.9 Å². The van der Waals surface area contributed by atoms with E-state index in [1.165, 1.54) is 0 Å². The Morgan fingerprint density at radius 2 is 1.95 bits per heavy atom. The first-order valence-electron chi connectivity index (χ1n) is 6.45. The quantitative estimate of drug-likeness (QED) is 0.685. The van der Waals surface area contributed by atoms with Crippen molar-refractivity contribution in [3.63, 3.8) is 0 Å². The minimum atomic E-state index is -1.33. The van der Waals surface area contributed by atoms with Gasteiger partial charge >= 0.3 is 5.69 Å². The Morgan fingerprint density at radius 3 is 2.43 bits per heavy atom. The first-order chi connectivity index (χ1) is 9.54. The van der Waals surface area contributed by atoms with Crippen LogP contribution in [0.25, 0.3) is 0 Å². The lowest BCUT2D eigenvalue weighted by Gasteiger charge is -2.27. The number of carbonyl (C=O) groups is 1. The topological polar surface area (TPSA) is 72.2 Å². The van der Waals surface area contributed by atoms with E-state index in [9.17, 15) is 23.7 Å². The van der Waals surface area contributed by atoms with Gasteiger partial charge in [0.15, 0.2) is 0 Å². The molecule has 1 aromatic carbocycles. The molecular formula is C14H18F2N2O3. The monoisotopic (exact) mass is 300 g/mol. The van der Waals surface area contributed by atoms with Crippen molar-refractivity contribution in [1.29, 1.82) is 0 Å². The summed E-state index contributed by atoms with van der Waals surface area (Å²) in [5.74, 6) is -3.14. The van der Waals surface area contributed by atoms with Crippen LogP contribution >= 0.6 is 0 Å². The van der Waals surface area contributed by atoms with Crippen molar-refractivity contribution < 1.29 is 18.5 Å². The molecule has 0 saturated heterocycles. The highest BCUT2D eigenvalue weighted by Crippen LogP contribution is 2.25. The molecule has 0 fully saturated rings. The first kappa shape index (κ1) is 17.0. The maximum absolute atomic E-state index is 13.8. The van der Waals surface area contributed by atoms with Gasteiger partial charge in [0.05, 0.1) is 16.6 Å². The Labute approximate surface area is 121 Å². The highest BCUT2D eigenvalue weighted by atomic mass is 19.1. The number of benzene rings is 1. The van der Waals surface area contributed by atoms with E-state index in [4.69, 9.17) is 0 Å². The Kier molecular flexibility index (Phi) is 4.98. The number of nitro benzene ring substituents is 1. The van der Waals surface area contributed by atoms with Crippen molar-refractivity contribution in [2.75, 3.05) is 6.54 Å². The summed E-state index contributed by atoms with van der Waals surface area (Å²) in [6.07, 6.45) is 0. The van der Waals surface area contributed by atoms with Gasteiger partial charge in [-0.25, -0.2) is 4.39 Å². The third kappa shape index (κ3) is 4.21. The minimum absolute atomic E-state index is 0.0697. The predicted molar refractivity (Wildman–Crippen MR) is 74.0 cm³/mol. The third-order valence-corrected chi connectivity index (χ3v) is 3.51. The van der Waals surface area contributed by atoms with Gasteiger partial charge in [-0.1, -0.05) is 27.7 Å². The van der Waals surface area contributed by atoms with E-state index in [-0.39, 0.29) is 17.9 Å². The zero-order valence-electron chi connectivity index (χ0n) is 12.4. The Balaban J connectivity index is 2.96. The number of rotatable bonds is 4. The van der Waals surface area contributed by atoms with Crippen molar-refractivity contribution in [3.05, 3.63) is 39.4 Å². The maximum Gasteiger partial charge on any atom is 0.308 e. The number of hydrogen-bond donors (Lipinski definition) is 1. The molecule has 0 saturated carbocycles. The van der Waals surface area contributed by atoms with Gasteiger partial charge in [-0.05, 0) is 17.4 Å². The van der Waals surface area contributed by atoms with E-state index in [1.807, 2.05) is 27.7 Å².